The van der Waals surface area contributed by atoms with Gasteiger partial charge in [-0.1, -0.05) is 45.7 Å². The molecule has 1 unspecified atom stereocenters. The van der Waals surface area contributed by atoms with Crippen molar-refractivity contribution in [2.45, 2.75) is 19.4 Å². The lowest BCUT2D eigenvalue weighted by Gasteiger charge is -2.16. The Morgan fingerprint density at radius 2 is 2.05 bits per heavy atom. The van der Waals surface area contributed by atoms with Gasteiger partial charge in [0.25, 0.3) is 0 Å². The highest BCUT2D eigenvalue weighted by Crippen LogP contribution is 2.32. The average molecular weight is 356 g/mol. The van der Waals surface area contributed by atoms with Gasteiger partial charge in [0.2, 0.25) is 0 Å². The van der Waals surface area contributed by atoms with Gasteiger partial charge in [-0.25, -0.2) is 0 Å². The van der Waals surface area contributed by atoms with Gasteiger partial charge in [-0.3, -0.25) is 0 Å². The Labute approximate surface area is 132 Å². The fourth-order valence-electron chi connectivity index (χ4n) is 2.15. The summed E-state index contributed by atoms with van der Waals surface area (Å²) in [5.41, 5.74) is 2.85. The van der Waals surface area contributed by atoms with E-state index in [-0.39, 0.29) is 0 Å². The summed E-state index contributed by atoms with van der Waals surface area (Å²) in [5.74, 6) is 0.734. The van der Waals surface area contributed by atoms with Gasteiger partial charge in [0.1, 0.15) is 5.75 Å². The molecule has 2 aromatic carbocycles. The van der Waals surface area contributed by atoms with Crippen molar-refractivity contribution in [3.05, 3.63) is 62.6 Å². The monoisotopic (exact) mass is 354 g/mol. The van der Waals surface area contributed by atoms with Crippen molar-refractivity contribution < 1.29 is 9.84 Å². The van der Waals surface area contributed by atoms with Gasteiger partial charge in [-0.2, -0.15) is 0 Å². The van der Waals surface area contributed by atoms with E-state index < -0.39 is 6.10 Å². The Morgan fingerprint density at radius 3 is 2.75 bits per heavy atom. The number of hydrogen-bond acceptors (Lipinski definition) is 2. The maximum absolute atomic E-state index is 10.5. The van der Waals surface area contributed by atoms with Crippen molar-refractivity contribution in [2.75, 3.05) is 7.11 Å². The molecule has 0 bridgehead atoms. The lowest BCUT2D eigenvalue weighted by Crippen LogP contribution is -2.05. The standard InChI is InChI=1S/C16H16BrClO2/c1-10-4-3-5-13(16(10)17)14(19)9-11-8-12(18)6-7-15(11)20-2/h3-8,14,19H,9H2,1-2H3. The number of rotatable bonds is 4. The van der Waals surface area contributed by atoms with Crippen LogP contribution in [-0.2, 0) is 6.42 Å². The second-order valence-corrected chi connectivity index (χ2v) is 5.88. The summed E-state index contributed by atoms with van der Waals surface area (Å²) < 4.78 is 6.25. The first-order valence-corrected chi connectivity index (χ1v) is 7.45. The summed E-state index contributed by atoms with van der Waals surface area (Å²) in [7, 11) is 1.61. The summed E-state index contributed by atoms with van der Waals surface area (Å²) in [6, 6.07) is 11.3. The van der Waals surface area contributed by atoms with E-state index in [4.69, 9.17) is 16.3 Å². The zero-order chi connectivity index (χ0) is 14.7. The van der Waals surface area contributed by atoms with Crippen LogP contribution < -0.4 is 4.74 Å². The van der Waals surface area contributed by atoms with E-state index in [0.717, 1.165) is 26.9 Å². The molecule has 0 amide bonds. The van der Waals surface area contributed by atoms with E-state index in [1.807, 2.05) is 37.3 Å². The summed E-state index contributed by atoms with van der Waals surface area (Å²) >= 11 is 9.54. The van der Waals surface area contributed by atoms with E-state index >= 15 is 0 Å². The zero-order valence-corrected chi connectivity index (χ0v) is 13.7. The summed E-state index contributed by atoms with van der Waals surface area (Å²) in [5, 5.41) is 11.1. The number of benzene rings is 2. The number of aliphatic hydroxyl groups is 1. The summed E-state index contributed by atoms with van der Waals surface area (Å²) in [6.45, 7) is 2.00. The van der Waals surface area contributed by atoms with Crippen molar-refractivity contribution in [2.24, 2.45) is 0 Å². The van der Waals surface area contributed by atoms with E-state index in [1.54, 1.807) is 13.2 Å². The minimum atomic E-state index is -0.614. The molecule has 0 fully saturated rings. The van der Waals surface area contributed by atoms with Crippen molar-refractivity contribution in [3.8, 4) is 5.75 Å². The molecular weight excluding hydrogens is 340 g/mol. The van der Waals surface area contributed by atoms with E-state index in [0.29, 0.717) is 11.4 Å². The first-order valence-electron chi connectivity index (χ1n) is 6.28. The Morgan fingerprint density at radius 1 is 1.30 bits per heavy atom. The number of aryl methyl sites for hydroxylation is 1. The van der Waals surface area contributed by atoms with Crippen LogP contribution in [0, 0.1) is 6.92 Å². The van der Waals surface area contributed by atoms with Crippen molar-refractivity contribution in [3.63, 3.8) is 0 Å². The predicted octanol–water partition coefficient (Wildman–Crippen LogP) is 4.70. The molecule has 1 atom stereocenters. The molecule has 4 heteroatoms. The third-order valence-corrected chi connectivity index (χ3v) is 4.55. The lowest BCUT2D eigenvalue weighted by molar-refractivity contribution is 0.176. The van der Waals surface area contributed by atoms with E-state index in [2.05, 4.69) is 15.9 Å². The fourth-order valence-corrected chi connectivity index (χ4v) is 2.88. The highest BCUT2D eigenvalue weighted by molar-refractivity contribution is 9.10. The van der Waals surface area contributed by atoms with Gasteiger partial charge in [0.15, 0.2) is 0 Å². The molecule has 0 saturated carbocycles. The van der Waals surface area contributed by atoms with Crippen LogP contribution in [0.25, 0.3) is 0 Å². The quantitative estimate of drug-likeness (QED) is 0.861. The van der Waals surface area contributed by atoms with Crippen LogP contribution in [0.1, 0.15) is 22.8 Å². The van der Waals surface area contributed by atoms with Crippen LogP contribution in [0.3, 0.4) is 0 Å². The van der Waals surface area contributed by atoms with Crippen LogP contribution >= 0.6 is 27.5 Å². The van der Waals surface area contributed by atoms with Crippen LogP contribution in [0.2, 0.25) is 5.02 Å². The third kappa shape index (κ3) is 3.35. The molecule has 1 N–H and O–H groups in total. The van der Waals surface area contributed by atoms with Crippen LogP contribution in [0.5, 0.6) is 5.75 Å². The minimum Gasteiger partial charge on any atom is -0.496 e. The SMILES string of the molecule is COc1ccc(Cl)cc1CC(O)c1cccc(C)c1Br. The summed E-state index contributed by atoms with van der Waals surface area (Å²) in [6.07, 6.45) is -0.164. The van der Waals surface area contributed by atoms with Crippen LogP contribution in [-0.4, -0.2) is 12.2 Å². The molecular formula is C16H16BrClO2. The normalized spacial score (nSPS) is 12.2. The first-order chi connectivity index (χ1) is 9.52. The fraction of sp³-hybridized carbons (Fsp3) is 0.250. The molecule has 0 aliphatic rings. The maximum atomic E-state index is 10.5. The molecule has 2 rings (SSSR count). The number of aliphatic hydroxyl groups excluding tert-OH is 1. The molecule has 106 valence electrons. The van der Waals surface area contributed by atoms with Gasteiger partial charge < -0.3 is 9.84 Å². The Balaban J connectivity index is 2.30. The molecule has 2 aromatic rings. The number of ether oxygens (including phenoxy) is 1. The second-order valence-electron chi connectivity index (χ2n) is 4.65. The van der Waals surface area contributed by atoms with Gasteiger partial charge >= 0.3 is 0 Å². The van der Waals surface area contributed by atoms with Gasteiger partial charge in [0, 0.05) is 15.9 Å². The second kappa shape index (κ2) is 6.61. The summed E-state index contributed by atoms with van der Waals surface area (Å²) in [4.78, 5) is 0. The Kier molecular flexibility index (Phi) is 5.08. The van der Waals surface area contributed by atoms with Crippen LogP contribution in [0.15, 0.2) is 40.9 Å². The topological polar surface area (TPSA) is 29.5 Å². The Hall–Kier alpha value is -1.03. The number of hydrogen-bond donors (Lipinski definition) is 1. The first kappa shape index (κ1) is 15.4. The molecule has 0 heterocycles. The largest absolute Gasteiger partial charge is 0.496 e. The predicted molar refractivity (Wildman–Crippen MR) is 85.5 cm³/mol. The molecule has 0 spiro atoms. The number of halogens is 2. The average Bonchev–Trinajstić information content (AvgIpc) is 2.42. The van der Waals surface area contributed by atoms with E-state index in [9.17, 15) is 5.11 Å². The maximum Gasteiger partial charge on any atom is 0.122 e. The van der Waals surface area contributed by atoms with Gasteiger partial charge in [-0.15, -0.1) is 0 Å². The van der Waals surface area contributed by atoms with Crippen molar-refractivity contribution in [1.29, 1.82) is 0 Å². The highest BCUT2D eigenvalue weighted by atomic mass is 79.9. The van der Waals surface area contributed by atoms with Gasteiger partial charge in [0.05, 0.1) is 13.2 Å². The highest BCUT2D eigenvalue weighted by Gasteiger charge is 2.15. The Bertz CT molecular complexity index is 613. The van der Waals surface area contributed by atoms with Crippen molar-refractivity contribution in [1.82, 2.24) is 0 Å². The molecule has 0 aromatic heterocycles. The minimum absolute atomic E-state index is 0.450. The van der Waals surface area contributed by atoms with Crippen molar-refractivity contribution >= 4 is 27.5 Å². The van der Waals surface area contributed by atoms with Gasteiger partial charge in [-0.05, 0) is 41.8 Å². The lowest BCUT2D eigenvalue weighted by atomic mass is 9.99. The van der Waals surface area contributed by atoms with Crippen LogP contribution in [0.4, 0.5) is 0 Å². The molecule has 0 aliphatic heterocycles. The third-order valence-electron chi connectivity index (χ3n) is 3.24. The smallest absolute Gasteiger partial charge is 0.122 e. The number of methoxy groups -OCH3 is 1. The molecule has 0 saturated heterocycles. The molecule has 0 radical (unpaired) electrons. The molecule has 20 heavy (non-hydrogen) atoms. The zero-order valence-electron chi connectivity index (χ0n) is 11.4. The van der Waals surface area contributed by atoms with E-state index in [1.165, 1.54) is 0 Å². The molecule has 0 aliphatic carbocycles. The molecule has 2 nitrogen and oxygen atoms in total.